The number of alkyl halides is 7. The zero-order valence-electron chi connectivity index (χ0n) is 12.5. The van der Waals surface area contributed by atoms with Crippen molar-refractivity contribution in [3.8, 4) is 0 Å². The molecule has 23 heavy (non-hydrogen) atoms. The first-order valence-corrected chi connectivity index (χ1v) is 6.88. The Hall–Kier alpha value is -0.613. The van der Waals surface area contributed by atoms with Crippen LogP contribution >= 0.6 is 0 Å². The first kappa shape index (κ1) is 33.9. The molecule has 0 aliphatic rings. The maximum atomic E-state index is 12.0. The van der Waals surface area contributed by atoms with Crippen LogP contribution in [0.5, 0.6) is 0 Å². The van der Waals surface area contributed by atoms with E-state index in [0.717, 1.165) is 0 Å². The number of halogens is 9. The Kier molecular flexibility index (Phi) is 55.3. The number of hydrogen-bond acceptors (Lipinski definition) is 5. The van der Waals surface area contributed by atoms with Crippen molar-refractivity contribution in [2.75, 3.05) is 55.2 Å². The van der Waals surface area contributed by atoms with Crippen molar-refractivity contribution in [1.82, 2.24) is 0 Å². The van der Waals surface area contributed by atoms with Crippen LogP contribution in [0.4, 0.5) is 39.8 Å². The second-order valence-electron chi connectivity index (χ2n) is 2.07. The SMILES string of the molecule is CO[Si](CF)(OC)OC.FCF.FCF.FCOF.FCOF. The van der Waals surface area contributed by atoms with E-state index in [2.05, 4.69) is 9.88 Å². The molecular formula is C8H19F9O5Si. The molecule has 0 N–H and O–H groups in total. The van der Waals surface area contributed by atoms with Crippen molar-refractivity contribution in [2.24, 2.45) is 0 Å². The minimum Gasteiger partial charge on any atom is -0.375 e. The molecular weight excluding hydrogens is 375 g/mol. The van der Waals surface area contributed by atoms with Crippen LogP contribution in [0, 0.1) is 0 Å². The van der Waals surface area contributed by atoms with Gasteiger partial charge in [-0.3, -0.25) is 0 Å². The maximum absolute atomic E-state index is 12.0. The molecule has 0 radical (unpaired) electrons. The topological polar surface area (TPSA) is 46.2 Å². The van der Waals surface area contributed by atoms with Gasteiger partial charge in [0, 0.05) is 21.3 Å². The largest absolute Gasteiger partial charge is 0.532 e. The molecule has 0 rings (SSSR count). The second-order valence-corrected chi connectivity index (χ2v) is 4.93. The van der Waals surface area contributed by atoms with Gasteiger partial charge in [-0.15, -0.1) is 0 Å². The first-order chi connectivity index (χ1) is 10.9. The van der Waals surface area contributed by atoms with E-state index >= 15 is 0 Å². The first-order valence-electron chi connectivity index (χ1n) is 4.95. The molecule has 0 aromatic carbocycles. The smallest absolute Gasteiger partial charge is 0.375 e. The van der Waals surface area contributed by atoms with Gasteiger partial charge < -0.3 is 13.3 Å². The number of rotatable bonds is 6. The van der Waals surface area contributed by atoms with Crippen LogP contribution in [-0.4, -0.2) is 64.0 Å². The summed E-state index contributed by atoms with van der Waals surface area (Å²) in [6.45, 7) is -6.19. The van der Waals surface area contributed by atoms with Gasteiger partial charge in [0.2, 0.25) is 27.6 Å². The summed E-state index contributed by atoms with van der Waals surface area (Å²) in [4.78, 5) is 4.75. The number of hydrogen-bond donors (Lipinski definition) is 0. The molecule has 0 aliphatic heterocycles. The van der Waals surface area contributed by atoms with Gasteiger partial charge in [-0.25, -0.2) is 30.7 Å². The zero-order valence-corrected chi connectivity index (χ0v) is 13.5. The van der Waals surface area contributed by atoms with Gasteiger partial charge >= 0.3 is 8.80 Å². The normalized spacial score (nSPS) is 8.87. The van der Waals surface area contributed by atoms with Crippen LogP contribution in [0.3, 0.4) is 0 Å². The molecule has 0 aromatic heterocycles. The summed E-state index contributed by atoms with van der Waals surface area (Å²) >= 11 is 0. The van der Waals surface area contributed by atoms with E-state index < -0.39 is 42.7 Å². The lowest BCUT2D eigenvalue weighted by Crippen LogP contribution is -2.45. The highest BCUT2D eigenvalue weighted by atomic mass is 28.4. The Morgan fingerprint density at radius 3 is 0.783 bits per heavy atom. The molecule has 5 nitrogen and oxygen atoms in total. The third-order valence-electron chi connectivity index (χ3n) is 1.18. The van der Waals surface area contributed by atoms with E-state index in [0.29, 0.717) is 0 Å². The zero-order chi connectivity index (χ0) is 19.6. The summed E-state index contributed by atoms with van der Waals surface area (Å²) < 4.78 is 105. The van der Waals surface area contributed by atoms with E-state index in [1.165, 1.54) is 21.3 Å². The lowest BCUT2D eigenvalue weighted by atomic mass is 11.6. The molecule has 0 saturated heterocycles. The Morgan fingerprint density at radius 2 is 0.783 bits per heavy atom. The third kappa shape index (κ3) is 44.9. The summed E-state index contributed by atoms with van der Waals surface area (Å²) in [5.41, 5.74) is 0. The van der Waals surface area contributed by atoms with E-state index in [9.17, 15) is 39.8 Å². The standard InChI is InChI=1S/C4H11FO3Si.2CH2F2O.2CH2F2/c1-6-9(4-5,7-2)8-3;2*2-1-4-3;2*2-1-3/h4H2,1-3H3;2*1H2;2*1H2. The molecule has 0 unspecified atom stereocenters. The van der Waals surface area contributed by atoms with E-state index in [1.807, 2.05) is 0 Å². The van der Waals surface area contributed by atoms with Crippen molar-refractivity contribution in [3.63, 3.8) is 0 Å². The summed E-state index contributed by atoms with van der Waals surface area (Å²) in [5, 5.41) is 0. The Morgan fingerprint density at radius 1 is 0.609 bits per heavy atom. The molecule has 0 atom stereocenters. The Labute approximate surface area is 128 Å². The van der Waals surface area contributed by atoms with Gasteiger partial charge in [-0.1, -0.05) is 0 Å². The Balaban J connectivity index is -0.0000000652. The van der Waals surface area contributed by atoms with Crippen molar-refractivity contribution in [2.45, 2.75) is 0 Å². The van der Waals surface area contributed by atoms with Crippen LogP contribution in [0.2, 0.25) is 0 Å². The molecule has 0 fully saturated rings. The van der Waals surface area contributed by atoms with E-state index in [4.69, 9.17) is 13.3 Å². The van der Waals surface area contributed by atoms with Gasteiger partial charge in [-0.05, 0) is 9.05 Å². The molecule has 0 amide bonds. The van der Waals surface area contributed by atoms with Crippen LogP contribution in [0.25, 0.3) is 0 Å². The molecule has 0 heterocycles. The van der Waals surface area contributed by atoms with E-state index in [-0.39, 0.29) is 0 Å². The quantitative estimate of drug-likeness (QED) is 0.507. The predicted octanol–water partition coefficient (Wildman–Crippen LogP) is 3.77. The monoisotopic (exact) mass is 394 g/mol. The molecule has 0 aromatic rings. The summed E-state index contributed by atoms with van der Waals surface area (Å²) in [6, 6.07) is 0. The molecule has 0 spiro atoms. The Bertz CT molecular complexity index is 134. The third-order valence-corrected chi connectivity index (χ3v) is 3.37. The summed E-state index contributed by atoms with van der Waals surface area (Å²) in [7, 11) is 1.26. The fourth-order valence-electron chi connectivity index (χ4n) is 0.414. The van der Waals surface area contributed by atoms with Crippen molar-refractivity contribution in [1.29, 1.82) is 0 Å². The maximum Gasteiger partial charge on any atom is 0.532 e. The van der Waals surface area contributed by atoms with E-state index in [1.54, 1.807) is 0 Å². The fraction of sp³-hybridized carbons (Fsp3) is 1.00. The lowest BCUT2D eigenvalue weighted by Gasteiger charge is -2.20. The summed E-state index contributed by atoms with van der Waals surface area (Å²) in [6.07, 6.45) is -0.684. The highest BCUT2D eigenvalue weighted by molar-refractivity contribution is 6.60. The fourth-order valence-corrected chi connectivity index (χ4v) is 1.24. The van der Waals surface area contributed by atoms with Gasteiger partial charge in [-0.2, -0.15) is 9.88 Å². The lowest BCUT2D eigenvalue weighted by molar-refractivity contribution is -0.167. The van der Waals surface area contributed by atoms with Crippen molar-refractivity contribution >= 4 is 8.80 Å². The second kappa shape index (κ2) is 37.5. The highest BCUT2D eigenvalue weighted by Gasteiger charge is 2.37. The average Bonchev–Trinajstić information content (AvgIpc) is 2.59. The van der Waals surface area contributed by atoms with Gasteiger partial charge in [0.05, 0.1) is 0 Å². The highest BCUT2D eigenvalue weighted by Crippen LogP contribution is 2.04. The predicted molar refractivity (Wildman–Crippen MR) is 63.3 cm³/mol. The average molecular weight is 394 g/mol. The summed E-state index contributed by atoms with van der Waals surface area (Å²) in [5.74, 6) is 0. The van der Waals surface area contributed by atoms with Crippen molar-refractivity contribution < 1.29 is 62.9 Å². The minimum absolute atomic E-state index is 0.684. The molecule has 15 heteroatoms. The minimum atomic E-state index is -2.86. The van der Waals surface area contributed by atoms with Crippen LogP contribution in [-0.2, 0) is 23.2 Å². The molecule has 0 bridgehead atoms. The van der Waals surface area contributed by atoms with Gasteiger partial charge in [0.15, 0.2) is 6.30 Å². The van der Waals surface area contributed by atoms with Crippen LogP contribution in [0.15, 0.2) is 0 Å². The van der Waals surface area contributed by atoms with Gasteiger partial charge in [0.25, 0.3) is 0 Å². The molecule has 148 valence electrons. The van der Waals surface area contributed by atoms with Crippen LogP contribution < -0.4 is 0 Å². The molecule has 0 aliphatic carbocycles. The van der Waals surface area contributed by atoms with Gasteiger partial charge in [0.1, 0.15) is 0 Å². The molecule has 0 saturated carbocycles. The van der Waals surface area contributed by atoms with Crippen molar-refractivity contribution in [3.05, 3.63) is 0 Å². The van der Waals surface area contributed by atoms with Crippen LogP contribution in [0.1, 0.15) is 0 Å².